The lowest BCUT2D eigenvalue weighted by Crippen LogP contribution is -2.35. The molecule has 0 atom stereocenters. The van der Waals surface area contributed by atoms with Gasteiger partial charge in [0.1, 0.15) is 0 Å². The van der Waals surface area contributed by atoms with Crippen molar-refractivity contribution in [1.29, 1.82) is 0 Å². The van der Waals surface area contributed by atoms with E-state index in [1.54, 1.807) is 29.2 Å². The van der Waals surface area contributed by atoms with Gasteiger partial charge >= 0.3 is 0 Å². The Balaban J connectivity index is 1.66. The molecule has 2 heterocycles. The van der Waals surface area contributed by atoms with E-state index in [0.717, 1.165) is 19.3 Å². The fourth-order valence-electron chi connectivity index (χ4n) is 3.22. The number of anilines is 1. The first-order valence-electron chi connectivity index (χ1n) is 8.91. The highest BCUT2D eigenvalue weighted by molar-refractivity contribution is 7.92. The summed E-state index contributed by atoms with van der Waals surface area (Å²) in [5.41, 5.74) is 0.894. The van der Waals surface area contributed by atoms with E-state index < -0.39 is 10.0 Å². The topological polar surface area (TPSA) is 92.5 Å². The lowest BCUT2D eigenvalue weighted by Gasteiger charge is -2.25. The summed E-state index contributed by atoms with van der Waals surface area (Å²) in [6.45, 7) is 1.34. The molecule has 2 aromatic carbocycles. The minimum Gasteiger partial charge on any atom is -0.355 e. The molecule has 146 valence electrons. The van der Waals surface area contributed by atoms with Crippen molar-refractivity contribution in [3.05, 3.63) is 53.2 Å². The third kappa shape index (κ3) is 3.70. The molecule has 1 aromatic heterocycles. The summed E-state index contributed by atoms with van der Waals surface area (Å²) in [5.74, 6) is -0.237. The number of nitrogens with zero attached hydrogens (tertiary/aromatic N) is 2. The van der Waals surface area contributed by atoms with Gasteiger partial charge < -0.3 is 9.42 Å². The molecular formula is C19H18ClN3O4S. The lowest BCUT2D eigenvalue weighted by molar-refractivity contribution is 0.0716. The van der Waals surface area contributed by atoms with Crippen molar-refractivity contribution in [3.63, 3.8) is 0 Å². The van der Waals surface area contributed by atoms with Gasteiger partial charge in [-0.05, 0) is 61.7 Å². The van der Waals surface area contributed by atoms with Crippen molar-refractivity contribution in [3.8, 4) is 0 Å². The SMILES string of the molecule is O=C(c1noc2ccc(S(=O)(=O)Nc3ccc(Cl)cc3)cc12)N1CCCCC1. The smallest absolute Gasteiger partial charge is 0.276 e. The second-order valence-electron chi connectivity index (χ2n) is 6.65. The summed E-state index contributed by atoms with van der Waals surface area (Å²) in [6.07, 6.45) is 3.00. The zero-order valence-corrected chi connectivity index (χ0v) is 16.5. The summed E-state index contributed by atoms with van der Waals surface area (Å²) in [5, 5.41) is 4.78. The Kier molecular flexibility index (Phi) is 4.99. The molecule has 0 radical (unpaired) electrons. The number of fused-ring (bicyclic) bond motifs is 1. The number of likely N-dealkylation sites (tertiary alicyclic amines) is 1. The Hall–Kier alpha value is -2.58. The number of rotatable bonds is 4. The zero-order chi connectivity index (χ0) is 19.7. The second kappa shape index (κ2) is 7.44. The molecule has 28 heavy (non-hydrogen) atoms. The number of amides is 1. The lowest BCUT2D eigenvalue weighted by atomic mass is 10.1. The van der Waals surface area contributed by atoms with Gasteiger partial charge in [0.05, 0.1) is 10.3 Å². The Labute approximate surface area is 167 Å². The van der Waals surface area contributed by atoms with Crippen LogP contribution in [0.4, 0.5) is 5.69 Å². The highest BCUT2D eigenvalue weighted by Gasteiger charge is 2.25. The third-order valence-corrected chi connectivity index (χ3v) is 6.32. The Bertz CT molecular complexity index is 1120. The number of hydrogen-bond donors (Lipinski definition) is 1. The van der Waals surface area contributed by atoms with Crippen molar-refractivity contribution >= 4 is 44.2 Å². The average molecular weight is 420 g/mol. The van der Waals surface area contributed by atoms with Gasteiger partial charge in [0.25, 0.3) is 15.9 Å². The van der Waals surface area contributed by atoms with E-state index in [0.29, 0.717) is 34.8 Å². The molecule has 0 bridgehead atoms. The minimum absolute atomic E-state index is 0.0193. The van der Waals surface area contributed by atoms with E-state index in [1.165, 1.54) is 18.2 Å². The van der Waals surface area contributed by atoms with Crippen LogP contribution in [0.5, 0.6) is 0 Å². The van der Waals surface area contributed by atoms with Gasteiger partial charge in [0.15, 0.2) is 11.3 Å². The molecule has 0 spiro atoms. The van der Waals surface area contributed by atoms with E-state index in [9.17, 15) is 13.2 Å². The largest absolute Gasteiger partial charge is 0.355 e. The molecular weight excluding hydrogens is 402 g/mol. The number of aromatic nitrogens is 1. The summed E-state index contributed by atoms with van der Waals surface area (Å²) >= 11 is 5.83. The van der Waals surface area contributed by atoms with Gasteiger partial charge in [-0.2, -0.15) is 0 Å². The fraction of sp³-hybridized carbons (Fsp3) is 0.263. The Morgan fingerprint density at radius 3 is 2.50 bits per heavy atom. The molecule has 1 saturated heterocycles. The fourth-order valence-corrected chi connectivity index (χ4v) is 4.43. The van der Waals surface area contributed by atoms with Crippen LogP contribution < -0.4 is 4.72 Å². The van der Waals surface area contributed by atoms with Crippen LogP contribution in [0.2, 0.25) is 5.02 Å². The van der Waals surface area contributed by atoms with Gasteiger partial charge in [0, 0.05) is 23.8 Å². The summed E-state index contributed by atoms with van der Waals surface area (Å²) < 4.78 is 33.2. The molecule has 4 rings (SSSR count). The van der Waals surface area contributed by atoms with Crippen LogP contribution in [-0.2, 0) is 10.0 Å². The van der Waals surface area contributed by atoms with Gasteiger partial charge in [-0.25, -0.2) is 8.42 Å². The van der Waals surface area contributed by atoms with E-state index in [-0.39, 0.29) is 16.5 Å². The summed E-state index contributed by atoms with van der Waals surface area (Å²) in [4.78, 5) is 14.5. The molecule has 1 aliphatic rings. The van der Waals surface area contributed by atoms with Crippen LogP contribution >= 0.6 is 11.6 Å². The van der Waals surface area contributed by atoms with Gasteiger partial charge in [-0.1, -0.05) is 16.8 Å². The first-order chi connectivity index (χ1) is 13.4. The predicted octanol–water partition coefficient (Wildman–Crippen LogP) is 3.91. The first-order valence-corrected chi connectivity index (χ1v) is 10.8. The van der Waals surface area contributed by atoms with Crippen molar-refractivity contribution in [2.24, 2.45) is 0 Å². The molecule has 3 aromatic rings. The van der Waals surface area contributed by atoms with Crippen LogP contribution in [0.15, 0.2) is 51.9 Å². The monoisotopic (exact) mass is 419 g/mol. The maximum absolute atomic E-state index is 12.8. The molecule has 1 amide bonds. The normalized spacial score (nSPS) is 15.0. The highest BCUT2D eigenvalue weighted by Crippen LogP contribution is 2.26. The molecule has 0 aliphatic carbocycles. The van der Waals surface area contributed by atoms with E-state index in [1.807, 2.05) is 0 Å². The number of carbonyl (C=O) groups is 1. The van der Waals surface area contributed by atoms with Crippen molar-refractivity contribution in [1.82, 2.24) is 10.1 Å². The maximum atomic E-state index is 12.8. The van der Waals surface area contributed by atoms with E-state index in [4.69, 9.17) is 16.1 Å². The summed E-state index contributed by atoms with van der Waals surface area (Å²) in [6, 6.07) is 10.7. The van der Waals surface area contributed by atoms with Crippen LogP contribution in [0.1, 0.15) is 29.8 Å². The molecule has 7 nitrogen and oxygen atoms in total. The molecule has 1 N–H and O–H groups in total. The van der Waals surface area contributed by atoms with Crippen molar-refractivity contribution in [2.45, 2.75) is 24.2 Å². The Morgan fingerprint density at radius 2 is 1.79 bits per heavy atom. The quantitative estimate of drug-likeness (QED) is 0.692. The van der Waals surface area contributed by atoms with Crippen LogP contribution in [0, 0.1) is 0 Å². The first kappa shape index (κ1) is 18.8. The molecule has 0 unspecified atom stereocenters. The third-order valence-electron chi connectivity index (χ3n) is 4.69. The standard InChI is InChI=1S/C19H18ClN3O4S/c20-13-4-6-14(7-5-13)22-28(25,26)15-8-9-17-16(12-15)18(21-27-17)19(24)23-10-2-1-3-11-23/h4-9,12,22H,1-3,10-11H2. The van der Waals surface area contributed by atoms with Gasteiger partial charge in [0.2, 0.25) is 0 Å². The molecule has 0 saturated carbocycles. The highest BCUT2D eigenvalue weighted by atomic mass is 35.5. The summed E-state index contributed by atoms with van der Waals surface area (Å²) in [7, 11) is -3.85. The molecule has 9 heteroatoms. The second-order valence-corrected chi connectivity index (χ2v) is 8.77. The molecule has 1 fully saturated rings. The number of nitrogens with one attached hydrogen (secondary N) is 1. The van der Waals surface area contributed by atoms with Gasteiger partial charge in [-0.15, -0.1) is 0 Å². The predicted molar refractivity (Wildman–Crippen MR) is 106 cm³/mol. The van der Waals surface area contributed by atoms with Crippen LogP contribution in [0.3, 0.4) is 0 Å². The van der Waals surface area contributed by atoms with Crippen LogP contribution in [-0.4, -0.2) is 37.5 Å². The number of hydrogen-bond acceptors (Lipinski definition) is 5. The number of halogens is 1. The van der Waals surface area contributed by atoms with Crippen molar-refractivity contribution in [2.75, 3.05) is 17.8 Å². The number of benzene rings is 2. The number of carbonyl (C=O) groups excluding carboxylic acids is 1. The Morgan fingerprint density at radius 1 is 1.07 bits per heavy atom. The van der Waals surface area contributed by atoms with Crippen molar-refractivity contribution < 1.29 is 17.7 Å². The van der Waals surface area contributed by atoms with E-state index >= 15 is 0 Å². The van der Waals surface area contributed by atoms with Gasteiger partial charge in [-0.3, -0.25) is 9.52 Å². The maximum Gasteiger partial charge on any atom is 0.276 e. The van der Waals surface area contributed by atoms with Crippen LogP contribution in [0.25, 0.3) is 11.0 Å². The number of sulfonamides is 1. The minimum atomic E-state index is -3.85. The number of piperidine rings is 1. The molecule has 1 aliphatic heterocycles. The average Bonchev–Trinajstić information content (AvgIpc) is 3.13. The zero-order valence-electron chi connectivity index (χ0n) is 14.9. The van der Waals surface area contributed by atoms with E-state index in [2.05, 4.69) is 9.88 Å².